The van der Waals surface area contributed by atoms with Crippen LogP contribution in [-0.4, -0.2) is 35.0 Å². The lowest BCUT2D eigenvalue weighted by atomic mass is 9.93. The van der Waals surface area contributed by atoms with Crippen molar-refractivity contribution in [2.24, 2.45) is 0 Å². The second kappa shape index (κ2) is 9.12. The zero-order valence-corrected chi connectivity index (χ0v) is 16.0. The Kier molecular flexibility index (Phi) is 7.14. The van der Waals surface area contributed by atoms with Crippen molar-refractivity contribution in [1.82, 2.24) is 15.5 Å². The first-order valence-electron chi connectivity index (χ1n) is 9.33. The van der Waals surface area contributed by atoms with Gasteiger partial charge >= 0.3 is 6.03 Å². The fraction of sp³-hybridized carbons (Fsp3) is 0.600. The summed E-state index contributed by atoms with van der Waals surface area (Å²) in [6.45, 7) is 6.30. The lowest BCUT2D eigenvalue weighted by Gasteiger charge is -2.34. The monoisotopic (exact) mass is 363 g/mol. The summed E-state index contributed by atoms with van der Waals surface area (Å²) in [5, 5.41) is 5.14. The number of amides is 3. The standard InChI is InChI=1S/C20H30FN3O2/c1-20(2,3)23-19(26)22-18(25)14-24(17-7-5-4-6-8-17)13-15-9-11-16(21)12-10-15/h9-12,17H,4-8,13-14H2,1-3H3,(H2,22,23,25,26). The van der Waals surface area contributed by atoms with Gasteiger partial charge in [0.25, 0.3) is 0 Å². The molecule has 1 aromatic rings. The van der Waals surface area contributed by atoms with Crippen molar-refractivity contribution in [1.29, 1.82) is 0 Å². The molecule has 1 aromatic carbocycles. The number of carbonyl (C=O) groups is 2. The Labute approximate surface area is 155 Å². The van der Waals surface area contributed by atoms with E-state index in [1.54, 1.807) is 12.1 Å². The summed E-state index contributed by atoms with van der Waals surface area (Å²) in [7, 11) is 0. The quantitative estimate of drug-likeness (QED) is 0.840. The maximum Gasteiger partial charge on any atom is 0.321 e. The molecule has 26 heavy (non-hydrogen) atoms. The number of rotatable bonds is 5. The average Bonchev–Trinajstić information content (AvgIpc) is 2.55. The Morgan fingerprint density at radius 3 is 2.31 bits per heavy atom. The molecule has 0 saturated heterocycles. The van der Waals surface area contributed by atoms with Crippen molar-refractivity contribution in [3.8, 4) is 0 Å². The van der Waals surface area contributed by atoms with Gasteiger partial charge in [0.1, 0.15) is 5.82 Å². The van der Waals surface area contributed by atoms with Crippen LogP contribution in [0.4, 0.5) is 9.18 Å². The van der Waals surface area contributed by atoms with Crippen LogP contribution in [0.25, 0.3) is 0 Å². The van der Waals surface area contributed by atoms with Crippen molar-refractivity contribution in [2.45, 2.75) is 71.0 Å². The number of imide groups is 1. The maximum atomic E-state index is 13.1. The lowest BCUT2D eigenvalue weighted by molar-refractivity contribution is -0.122. The molecule has 0 radical (unpaired) electrons. The Balaban J connectivity index is 1.99. The molecule has 5 nitrogen and oxygen atoms in total. The van der Waals surface area contributed by atoms with Gasteiger partial charge in [-0.1, -0.05) is 31.4 Å². The molecule has 0 aliphatic heterocycles. The fourth-order valence-electron chi connectivity index (χ4n) is 3.31. The van der Waals surface area contributed by atoms with Gasteiger partial charge < -0.3 is 5.32 Å². The Morgan fingerprint density at radius 2 is 1.73 bits per heavy atom. The lowest BCUT2D eigenvalue weighted by Crippen LogP contribution is -2.51. The molecule has 6 heteroatoms. The summed E-state index contributed by atoms with van der Waals surface area (Å²) >= 11 is 0. The molecule has 0 spiro atoms. The highest BCUT2D eigenvalue weighted by Crippen LogP contribution is 2.24. The number of carbonyl (C=O) groups excluding carboxylic acids is 2. The van der Waals surface area contributed by atoms with Gasteiger partial charge in [0.2, 0.25) is 5.91 Å². The van der Waals surface area contributed by atoms with Crippen molar-refractivity contribution < 1.29 is 14.0 Å². The van der Waals surface area contributed by atoms with E-state index in [4.69, 9.17) is 0 Å². The summed E-state index contributed by atoms with van der Waals surface area (Å²) in [5.41, 5.74) is 0.561. The third kappa shape index (κ3) is 7.12. The van der Waals surface area contributed by atoms with Crippen LogP contribution in [0.3, 0.4) is 0 Å². The molecule has 1 aliphatic carbocycles. The zero-order valence-electron chi connectivity index (χ0n) is 16.0. The highest BCUT2D eigenvalue weighted by Gasteiger charge is 2.24. The SMILES string of the molecule is CC(C)(C)NC(=O)NC(=O)CN(Cc1ccc(F)cc1)C1CCCCC1. The van der Waals surface area contributed by atoms with Gasteiger partial charge in [-0.15, -0.1) is 0 Å². The average molecular weight is 363 g/mol. The molecule has 0 aromatic heterocycles. The van der Waals surface area contributed by atoms with Crippen molar-refractivity contribution in [2.75, 3.05) is 6.54 Å². The van der Waals surface area contributed by atoms with E-state index in [0.717, 1.165) is 31.2 Å². The first-order chi connectivity index (χ1) is 12.2. The highest BCUT2D eigenvalue weighted by molar-refractivity contribution is 5.95. The van der Waals surface area contributed by atoms with E-state index in [9.17, 15) is 14.0 Å². The first kappa shape index (κ1) is 20.4. The van der Waals surface area contributed by atoms with Crippen LogP contribution in [0.15, 0.2) is 24.3 Å². The summed E-state index contributed by atoms with van der Waals surface area (Å²) < 4.78 is 13.1. The molecular formula is C20H30FN3O2. The molecule has 0 heterocycles. The number of benzene rings is 1. The highest BCUT2D eigenvalue weighted by atomic mass is 19.1. The van der Waals surface area contributed by atoms with Crippen LogP contribution < -0.4 is 10.6 Å². The van der Waals surface area contributed by atoms with Crippen LogP contribution in [-0.2, 0) is 11.3 Å². The van der Waals surface area contributed by atoms with Crippen molar-refractivity contribution in [3.05, 3.63) is 35.6 Å². The van der Waals surface area contributed by atoms with E-state index >= 15 is 0 Å². The molecular weight excluding hydrogens is 333 g/mol. The topological polar surface area (TPSA) is 61.4 Å². The van der Waals surface area contributed by atoms with Gasteiger partial charge in [-0.25, -0.2) is 9.18 Å². The molecule has 0 unspecified atom stereocenters. The Hall–Kier alpha value is -1.95. The minimum absolute atomic E-state index is 0.152. The van der Waals surface area contributed by atoms with Gasteiger partial charge in [0.05, 0.1) is 6.54 Å². The molecule has 0 atom stereocenters. The number of nitrogens with one attached hydrogen (secondary N) is 2. The zero-order chi connectivity index (χ0) is 19.2. The van der Waals surface area contributed by atoms with Gasteiger partial charge in [-0.3, -0.25) is 15.0 Å². The molecule has 1 fully saturated rings. The number of halogens is 1. The van der Waals surface area contributed by atoms with Crippen LogP contribution in [0.2, 0.25) is 0 Å². The summed E-state index contributed by atoms with van der Waals surface area (Å²) in [4.78, 5) is 26.4. The number of urea groups is 1. The van der Waals surface area contributed by atoms with Crippen molar-refractivity contribution >= 4 is 11.9 Å². The number of hydrogen-bond donors (Lipinski definition) is 2. The largest absolute Gasteiger partial charge is 0.333 e. The van der Waals surface area contributed by atoms with Gasteiger partial charge in [-0.05, 0) is 51.3 Å². The molecule has 0 bridgehead atoms. The minimum atomic E-state index is -0.479. The van der Waals surface area contributed by atoms with Crippen LogP contribution in [0.1, 0.15) is 58.4 Å². The van der Waals surface area contributed by atoms with Crippen LogP contribution in [0, 0.1) is 5.82 Å². The predicted molar refractivity (Wildman–Crippen MR) is 100 cm³/mol. The summed E-state index contributed by atoms with van der Waals surface area (Å²) in [6, 6.07) is 6.19. The third-order valence-corrected chi connectivity index (χ3v) is 4.48. The normalized spacial score (nSPS) is 15.7. The molecule has 3 amide bonds. The molecule has 2 N–H and O–H groups in total. The fourth-order valence-corrected chi connectivity index (χ4v) is 3.31. The van der Waals surface area contributed by atoms with E-state index in [0.29, 0.717) is 12.6 Å². The smallest absolute Gasteiger partial charge is 0.321 e. The Morgan fingerprint density at radius 1 is 1.12 bits per heavy atom. The molecule has 1 saturated carbocycles. The maximum absolute atomic E-state index is 13.1. The van der Waals surface area contributed by atoms with Gasteiger partial charge in [0.15, 0.2) is 0 Å². The van der Waals surface area contributed by atoms with Crippen LogP contribution in [0.5, 0.6) is 0 Å². The van der Waals surface area contributed by atoms with Gasteiger partial charge in [0, 0.05) is 18.1 Å². The summed E-state index contributed by atoms with van der Waals surface area (Å²) in [5.74, 6) is -0.589. The van der Waals surface area contributed by atoms with E-state index in [1.165, 1.54) is 18.6 Å². The minimum Gasteiger partial charge on any atom is -0.333 e. The van der Waals surface area contributed by atoms with Gasteiger partial charge in [-0.2, -0.15) is 0 Å². The molecule has 144 valence electrons. The van der Waals surface area contributed by atoms with Crippen LogP contribution >= 0.6 is 0 Å². The predicted octanol–water partition coefficient (Wildman–Crippen LogP) is 3.58. The second-order valence-corrected chi connectivity index (χ2v) is 8.08. The second-order valence-electron chi connectivity index (χ2n) is 8.08. The molecule has 1 aliphatic rings. The van der Waals surface area contributed by atoms with E-state index in [2.05, 4.69) is 15.5 Å². The van der Waals surface area contributed by atoms with Crippen molar-refractivity contribution in [3.63, 3.8) is 0 Å². The number of hydrogen-bond acceptors (Lipinski definition) is 3. The van der Waals surface area contributed by atoms with E-state index in [-0.39, 0.29) is 18.3 Å². The van der Waals surface area contributed by atoms with E-state index in [1.807, 2.05) is 20.8 Å². The number of nitrogens with zero attached hydrogens (tertiary/aromatic N) is 1. The third-order valence-electron chi connectivity index (χ3n) is 4.48. The van der Waals surface area contributed by atoms with E-state index < -0.39 is 11.6 Å². The first-order valence-corrected chi connectivity index (χ1v) is 9.33. The summed E-state index contributed by atoms with van der Waals surface area (Å²) in [6.07, 6.45) is 5.61. The Bertz CT molecular complexity index is 604. The molecule has 2 rings (SSSR count).